The highest BCUT2D eigenvalue weighted by Gasteiger charge is 2.09. The molecule has 0 radical (unpaired) electrons. The van der Waals surface area contributed by atoms with Crippen molar-refractivity contribution >= 4 is 5.97 Å². The minimum atomic E-state index is -1.07. The Bertz CT molecular complexity index is 544. The van der Waals surface area contributed by atoms with E-state index in [-0.39, 0.29) is 11.9 Å². The second kappa shape index (κ2) is 4.91. The van der Waals surface area contributed by atoms with E-state index in [1.54, 1.807) is 0 Å². The van der Waals surface area contributed by atoms with E-state index in [0.29, 0.717) is 5.69 Å². The average molecular weight is 246 g/mol. The standard InChI is InChI=1S/C13H14N2O3/c1-8(2)18-10-5-3-9(4-6-10)11-7-14-12(15-11)13(16)17/h3-8H,1-2H3,(H,14,15)(H,16,17). The first-order valence-electron chi connectivity index (χ1n) is 5.61. The molecular weight excluding hydrogens is 232 g/mol. The van der Waals surface area contributed by atoms with Gasteiger partial charge in [0, 0.05) is 0 Å². The lowest BCUT2D eigenvalue weighted by Gasteiger charge is -2.09. The first kappa shape index (κ1) is 12.2. The van der Waals surface area contributed by atoms with Crippen LogP contribution in [0.15, 0.2) is 30.5 Å². The Labute approximate surface area is 104 Å². The molecule has 1 aromatic carbocycles. The third-order valence-corrected chi connectivity index (χ3v) is 2.32. The molecule has 0 amide bonds. The van der Waals surface area contributed by atoms with E-state index in [0.717, 1.165) is 11.3 Å². The van der Waals surface area contributed by atoms with Crippen molar-refractivity contribution in [2.24, 2.45) is 0 Å². The molecule has 0 unspecified atom stereocenters. The van der Waals surface area contributed by atoms with E-state index >= 15 is 0 Å². The van der Waals surface area contributed by atoms with E-state index in [2.05, 4.69) is 9.97 Å². The van der Waals surface area contributed by atoms with Crippen LogP contribution in [0.1, 0.15) is 24.5 Å². The number of nitrogens with zero attached hydrogens (tertiary/aromatic N) is 1. The summed E-state index contributed by atoms with van der Waals surface area (Å²) in [5, 5.41) is 8.77. The third-order valence-electron chi connectivity index (χ3n) is 2.32. The predicted molar refractivity (Wildman–Crippen MR) is 66.7 cm³/mol. The lowest BCUT2D eigenvalue weighted by Crippen LogP contribution is -2.05. The fourth-order valence-corrected chi connectivity index (χ4v) is 1.56. The Balaban J connectivity index is 2.20. The highest BCUT2D eigenvalue weighted by Crippen LogP contribution is 2.21. The molecule has 2 rings (SSSR count). The van der Waals surface area contributed by atoms with Gasteiger partial charge in [-0.05, 0) is 43.7 Å². The van der Waals surface area contributed by atoms with Crippen molar-refractivity contribution in [1.29, 1.82) is 0 Å². The number of rotatable bonds is 4. The summed E-state index contributed by atoms with van der Waals surface area (Å²) in [5.74, 6) is -0.347. The second-order valence-electron chi connectivity index (χ2n) is 4.14. The average Bonchev–Trinajstić information content (AvgIpc) is 2.78. The molecule has 18 heavy (non-hydrogen) atoms. The highest BCUT2D eigenvalue weighted by molar-refractivity contribution is 5.84. The summed E-state index contributed by atoms with van der Waals surface area (Å²) in [7, 11) is 0. The molecule has 0 aliphatic rings. The maximum Gasteiger partial charge on any atom is 0.371 e. The van der Waals surface area contributed by atoms with Gasteiger partial charge in [0.25, 0.3) is 0 Å². The number of carboxylic acid groups (broad SMARTS) is 1. The van der Waals surface area contributed by atoms with Crippen LogP contribution in [-0.4, -0.2) is 27.1 Å². The minimum Gasteiger partial charge on any atom is -0.491 e. The molecule has 0 spiro atoms. The van der Waals surface area contributed by atoms with Gasteiger partial charge in [0.15, 0.2) is 0 Å². The zero-order valence-corrected chi connectivity index (χ0v) is 10.2. The van der Waals surface area contributed by atoms with Crippen molar-refractivity contribution in [2.75, 3.05) is 0 Å². The quantitative estimate of drug-likeness (QED) is 0.869. The zero-order valence-electron chi connectivity index (χ0n) is 10.2. The number of imidazole rings is 1. The van der Waals surface area contributed by atoms with Gasteiger partial charge in [-0.3, -0.25) is 0 Å². The first-order chi connectivity index (χ1) is 8.56. The number of aromatic nitrogens is 2. The van der Waals surface area contributed by atoms with Gasteiger partial charge in [0.1, 0.15) is 5.75 Å². The first-order valence-corrected chi connectivity index (χ1v) is 5.61. The number of nitrogens with one attached hydrogen (secondary N) is 1. The zero-order chi connectivity index (χ0) is 13.1. The van der Waals surface area contributed by atoms with E-state index in [4.69, 9.17) is 9.84 Å². The largest absolute Gasteiger partial charge is 0.491 e. The summed E-state index contributed by atoms with van der Waals surface area (Å²) in [6, 6.07) is 7.40. The van der Waals surface area contributed by atoms with Crippen LogP contribution >= 0.6 is 0 Å². The van der Waals surface area contributed by atoms with Crippen LogP contribution in [0, 0.1) is 0 Å². The van der Waals surface area contributed by atoms with Crippen molar-refractivity contribution in [1.82, 2.24) is 9.97 Å². The monoisotopic (exact) mass is 246 g/mol. The van der Waals surface area contributed by atoms with Crippen LogP contribution in [0.25, 0.3) is 11.3 Å². The normalized spacial score (nSPS) is 10.6. The maximum atomic E-state index is 10.7. The minimum absolute atomic E-state index is 0.0625. The van der Waals surface area contributed by atoms with Crippen LogP contribution in [0.2, 0.25) is 0 Å². The predicted octanol–water partition coefficient (Wildman–Crippen LogP) is 2.56. The van der Waals surface area contributed by atoms with Gasteiger partial charge >= 0.3 is 5.97 Å². The Hall–Kier alpha value is -2.30. The van der Waals surface area contributed by atoms with E-state index < -0.39 is 5.97 Å². The SMILES string of the molecule is CC(C)Oc1ccc(-c2cnc(C(=O)O)[nH]2)cc1. The van der Waals surface area contributed by atoms with Gasteiger partial charge in [0.05, 0.1) is 18.0 Å². The number of aromatic amines is 1. The lowest BCUT2D eigenvalue weighted by molar-refractivity contribution is 0.0685. The number of H-pyrrole nitrogens is 1. The number of carboxylic acids is 1. The highest BCUT2D eigenvalue weighted by atomic mass is 16.5. The van der Waals surface area contributed by atoms with Gasteiger partial charge in [-0.25, -0.2) is 9.78 Å². The molecule has 0 saturated carbocycles. The number of benzene rings is 1. The summed E-state index contributed by atoms with van der Waals surface area (Å²) >= 11 is 0. The molecule has 5 nitrogen and oxygen atoms in total. The van der Waals surface area contributed by atoms with E-state index in [9.17, 15) is 4.79 Å². The summed E-state index contributed by atoms with van der Waals surface area (Å²) in [5.41, 5.74) is 1.54. The number of ether oxygens (including phenoxy) is 1. The van der Waals surface area contributed by atoms with Crippen LogP contribution in [0.5, 0.6) is 5.75 Å². The van der Waals surface area contributed by atoms with Crippen LogP contribution < -0.4 is 4.74 Å². The van der Waals surface area contributed by atoms with Crippen molar-refractivity contribution in [3.63, 3.8) is 0 Å². The smallest absolute Gasteiger partial charge is 0.371 e. The Kier molecular flexibility index (Phi) is 3.32. The Morgan fingerprint density at radius 1 is 1.33 bits per heavy atom. The van der Waals surface area contributed by atoms with Gasteiger partial charge in [-0.15, -0.1) is 0 Å². The molecule has 94 valence electrons. The van der Waals surface area contributed by atoms with Crippen molar-refractivity contribution in [2.45, 2.75) is 20.0 Å². The molecule has 0 fully saturated rings. The van der Waals surface area contributed by atoms with Crippen molar-refractivity contribution < 1.29 is 14.6 Å². The molecule has 0 aliphatic carbocycles. The van der Waals surface area contributed by atoms with Gasteiger partial charge < -0.3 is 14.8 Å². The molecule has 5 heteroatoms. The number of hydrogen-bond acceptors (Lipinski definition) is 3. The number of hydrogen-bond donors (Lipinski definition) is 2. The fraction of sp³-hybridized carbons (Fsp3) is 0.231. The van der Waals surface area contributed by atoms with Crippen LogP contribution in [0.3, 0.4) is 0 Å². The molecule has 2 aromatic rings. The molecule has 1 heterocycles. The molecule has 0 bridgehead atoms. The van der Waals surface area contributed by atoms with Crippen LogP contribution in [-0.2, 0) is 0 Å². The molecule has 1 aromatic heterocycles. The van der Waals surface area contributed by atoms with Gasteiger partial charge in [0.2, 0.25) is 5.82 Å². The van der Waals surface area contributed by atoms with Gasteiger partial charge in [-0.1, -0.05) is 0 Å². The van der Waals surface area contributed by atoms with Crippen LogP contribution in [0.4, 0.5) is 0 Å². The molecular formula is C13H14N2O3. The topological polar surface area (TPSA) is 75.2 Å². The fourth-order valence-electron chi connectivity index (χ4n) is 1.56. The van der Waals surface area contributed by atoms with Gasteiger partial charge in [-0.2, -0.15) is 0 Å². The number of aromatic carboxylic acids is 1. The maximum absolute atomic E-state index is 10.7. The summed E-state index contributed by atoms with van der Waals surface area (Å²) in [6.45, 7) is 3.92. The summed E-state index contributed by atoms with van der Waals surface area (Å²) < 4.78 is 5.53. The Morgan fingerprint density at radius 2 is 2.00 bits per heavy atom. The lowest BCUT2D eigenvalue weighted by atomic mass is 10.1. The van der Waals surface area contributed by atoms with E-state index in [1.165, 1.54) is 6.20 Å². The Morgan fingerprint density at radius 3 is 2.50 bits per heavy atom. The third kappa shape index (κ3) is 2.68. The second-order valence-corrected chi connectivity index (χ2v) is 4.14. The molecule has 2 N–H and O–H groups in total. The molecule has 0 aliphatic heterocycles. The number of carbonyl (C=O) groups is 1. The van der Waals surface area contributed by atoms with E-state index in [1.807, 2.05) is 38.1 Å². The molecule has 0 saturated heterocycles. The molecule has 0 atom stereocenters. The summed E-state index contributed by atoms with van der Waals surface area (Å²) in [6.07, 6.45) is 1.63. The van der Waals surface area contributed by atoms with Crippen molar-refractivity contribution in [3.05, 3.63) is 36.3 Å². The summed E-state index contributed by atoms with van der Waals surface area (Å²) in [4.78, 5) is 17.2. The van der Waals surface area contributed by atoms with Crippen molar-refractivity contribution in [3.8, 4) is 17.0 Å².